The van der Waals surface area contributed by atoms with Crippen molar-refractivity contribution in [2.45, 2.75) is 32.8 Å². The second-order valence-electron chi connectivity index (χ2n) is 6.41. The molecular weight excluding hydrogens is 342 g/mol. The maximum absolute atomic E-state index is 5.90. The lowest BCUT2D eigenvalue weighted by atomic mass is 10.2. The molecule has 4 heterocycles. The molecule has 3 aromatic heterocycles. The molecule has 0 amide bonds. The first-order valence-corrected chi connectivity index (χ1v) is 9.34. The summed E-state index contributed by atoms with van der Waals surface area (Å²) in [6.45, 7) is 6.16. The Morgan fingerprint density at radius 3 is 2.85 bits per heavy atom. The Morgan fingerprint density at radius 2 is 2.11 bits per heavy atom. The number of nitrogens with zero attached hydrogens (tertiary/aromatic N) is 6. The average molecular weight is 365 g/mol. The van der Waals surface area contributed by atoms with Crippen molar-refractivity contribution in [3.8, 4) is 11.5 Å². The summed E-state index contributed by atoms with van der Waals surface area (Å²) in [4.78, 5) is 20.5. The minimum absolute atomic E-state index is 0.173. The summed E-state index contributed by atoms with van der Waals surface area (Å²) in [5, 5.41) is 7.27. The van der Waals surface area contributed by atoms with Crippen molar-refractivity contribution in [1.29, 1.82) is 0 Å². The average Bonchev–Trinajstić information content (AvgIpc) is 3.23. The molecule has 4 rings (SSSR count). The van der Waals surface area contributed by atoms with Crippen LogP contribution in [-0.2, 0) is 17.6 Å². The van der Waals surface area contributed by atoms with Crippen LogP contribution < -0.4 is 4.90 Å². The van der Waals surface area contributed by atoms with Crippen LogP contribution in [0.25, 0.3) is 11.5 Å². The first-order chi connectivity index (χ1) is 13.3. The monoisotopic (exact) mass is 365 g/mol. The zero-order chi connectivity index (χ0) is 18.6. The molecule has 3 aromatic rings. The third-order valence-electron chi connectivity index (χ3n) is 4.58. The highest BCUT2D eigenvalue weighted by molar-refractivity contribution is 5.54. The van der Waals surface area contributed by atoms with Crippen LogP contribution in [0.3, 0.4) is 0 Å². The Kier molecular flexibility index (Phi) is 5.06. The van der Waals surface area contributed by atoms with Crippen molar-refractivity contribution >= 4 is 5.82 Å². The van der Waals surface area contributed by atoms with Crippen LogP contribution in [-0.4, -0.2) is 49.8 Å². The smallest absolute Gasteiger partial charge is 0.181 e. The van der Waals surface area contributed by atoms with E-state index in [1.165, 1.54) is 0 Å². The molecule has 1 N–H and O–H groups in total. The summed E-state index contributed by atoms with van der Waals surface area (Å²) in [5.41, 5.74) is 1.77. The van der Waals surface area contributed by atoms with Crippen LogP contribution in [0.2, 0.25) is 0 Å². The molecule has 1 aliphatic rings. The topological polar surface area (TPSA) is 92.7 Å². The van der Waals surface area contributed by atoms with Crippen LogP contribution in [0, 0.1) is 0 Å². The largest absolute Gasteiger partial charge is 0.366 e. The zero-order valence-electron chi connectivity index (χ0n) is 15.6. The van der Waals surface area contributed by atoms with Gasteiger partial charge in [-0.3, -0.25) is 10.1 Å². The highest BCUT2D eigenvalue weighted by atomic mass is 16.5. The normalized spacial score (nSPS) is 17.3. The van der Waals surface area contributed by atoms with E-state index in [4.69, 9.17) is 9.72 Å². The molecule has 1 fully saturated rings. The van der Waals surface area contributed by atoms with Crippen molar-refractivity contribution < 1.29 is 4.74 Å². The molecule has 0 aromatic carbocycles. The number of H-pyrrole nitrogens is 1. The first-order valence-electron chi connectivity index (χ1n) is 9.34. The lowest BCUT2D eigenvalue weighted by molar-refractivity contribution is 0.0339. The van der Waals surface area contributed by atoms with Gasteiger partial charge < -0.3 is 9.64 Å². The van der Waals surface area contributed by atoms with Crippen molar-refractivity contribution in [3.63, 3.8) is 0 Å². The lowest BCUT2D eigenvalue weighted by Crippen LogP contribution is -2.39. The number of ether oxygens (including phenoxy) is 1. The van der Waals surface area contributed by atoms with Gasteiger partial charge in [0.15, 0.2) is 11.6 Å². The van der Waals surface area contributed by atoms with E-state index in [1.54, 1.807) is 6.20 Å². The molecule has 0 bridgehead atoms. The fourth-order valence-corrected chi connectivity index (χ4v) is 3.06. The summed E-state index contributed by atoms with van der Waals surface area (Å²) in [7, 11) is 0. The van der Waals surface area contributed by atoms with Crippen LogP contribution in [0.4, 0.5) is 5.82 Å². The van der Waals surface area contributed by atoms with Gasteiger partial charge in [-0.2, -0.15) is 5.10 Å². The van der Waals surface area contributed by atoms with Crippen molar-refractivity contribution in [2.24, 2.45) is 0 Å². The number of nitrogens with one attached hydrogen (secondary N) is 1. The first kappa shape index (κ1) is 17.5. The fraction of sp³-hybridized carbons (Fsp3) is 0.421. The van der Waals surface area contributed by atoms with Crippen LogP contribution >= 0.6 is 0 Å². The molecule has 1 saturated heterocycles. The molecule has 0 radical (unpaired) electrons. The number of pyridine rings is 1. The number of rotatable bonds is 5. The molecular formula is C19H23N7O. The summed E-state index contributed by atoms with van der Waals surface area (Å²) in [6, 6.07) is 7.82. The summed E-state index contributed by atoms with van der Waals surface area (Å²) < 4.78 is 5.90. The Morgan fingerprint density at radius 1 is 1.19 bits per heavy atom. The standard InChI is InChI=1S/C19H23N7O/c1-3-13-11-17(23-18(21-13)14-7-5-6-8-20-14)26-9-10-27-15(12-26)19-22-16(4-2)24-25-19/h5-8,11,15H,3-4,9-10,12H2,1-2H3,(H,22,24,25). The van der Waals surface area contributed by atoms with Gasteiger partial charge in [-0.15, -0.1) is 0 Å². The van der Waals surface area contributed by atoms with Gasteiger partial charge in [0.25, 0.3) is 0 Å². The van der Waals surface area contributed by atoms with E-state index in [9.17, 15) is 0 Å². The van der Waals surface area contributed by atoms with Gasteiger partial charge >= 0.3 is 0 Å². The molecule has 140 valence electrons. The number of aromatic nitrogens is 6. The Labute approximate surface area is 158 Å². The maximum Gasteiger partial charge on any atom is 0.181 e. The predicted molar refractivity (Wildman–Crippen MR) is 101 cm³/mol. The molecule has 8 heteroatoms. The minimum atomic E-state index is -0.173. The van der Waals surface area contributed by atoms with Crippen LogP contribution in [0.15, 0.2) is 30.5 Å². The zero-order valence-corrected chi connectivity index (χ0v) is 15.6. The number of hydrogen-bond donors (Lipinski definition) is 1. The molecule has 0 aliphatic carbocycles. The van der Waals surface area contributed by atoms with Gasteiger partial charge in [0.2, 0.25) is 0 Å². The second kappa shape index (κ2) is 7.79. The van der Waals surface area contributed by atoms with Gasteiger partial charge in [-0.1, -0.05) is 19.9 Å². The molecule has 27 heavy (non-hydrogen) atoms. The summed E-state index contributed by atoms with van der Waals surface area (Å²) >= 11 is 0. The molecule has 1 unspecified atom stereocenters. The van der Waals surface area contributed by atoms with E-state index in [1.807, 2.05) is 31.2 Å². The highest BCUT2D eigenvalue weighted by Crippen LogP contribution is 2.25. The summed E-state index contributed by atoms with van der Waals surface area (Å²) in [6.07, 6.45) is 3.25. The highest BCUT2D eigenvalue weighted by Gasteiger charge is 2.26. The van der Waals surface area contributed by atoms with Gasteiger partial charge in [0.05, 0.1) is 13.2 Å². The predicted octanol–water partition coefficient (Wildman–Crippen LogP) is 2.36. The van der Waals surface area contributed by atoms with Crippen LogP contribution in [0.5, 0.6) is 0 Å². The van der Waals surface area contributed by atoms with Gasteiger partial charge in [-0.25, -0.2) is 15.0 Å². The molecule has 0 spiro atoms. The number of aryl methyl sites for hydroxylation is 2. The maximum atomic E-state index is 5.90. The molecule has 0 saturated carbocycles. The third-order valence-corrected chi connectivity index (χ3v) is 4.58. The molecule has 1 atom stereocenters. The SMILES string of the molecule is CCc1cc(N2CCOC(c3n[nH]c(CC)n3)C2)nc(-c2ccccn2)n1. The van der Waals surface area contributed by atoms with Crippen molar-refractivity contribution in [1.82, 2.24) is 30.1 Å². The van der Waals surface area contributed by atoms with Gasteiger partial charge in [0, 0.05) is 30.9 Å². The fourth-order valence-electron chi connectivity index (χ4n) is 3.06. The lowest BCUT2D eigenvalue weighted by Gasteiger charge is -2.32. The van der Waals surface area contributed by atoms with Gasteiger partial charge in [-0.05, 0) is 18.6 Å². The molecule has 1 aliphatic heterocycles. The Bertz CT molecular complexity index is 896. The van der Waals surface area contributed by atoms with Gasteiger partial charge in [0.1, 0.15) is 23.4 Å². The Balaban J connectivity index is 1.62. The molecule has 8 nitrogen and oxygen atoms in total. The number of anilines is 1. The number of aromatic amines is 1. The van der Waals surface area contributed by atoms with E-state index >= 15 is 0 Å². The van der Waals surface area contributed by atoms with E-state index in [0.717, 1.165) is 42.4 Å². The third kappa shape index (κ3) is 3.80. The van der Waals surface area contributed by atoms with E-state index in [0.29, 0.717) is 24.8 Å². The second-order valence-corrected chi connectivity index (χ2v) is 6.41. The minimum Gasteiger partial charge on any atom is -0.366 e. The van der Waals surface area contributed by atoms with Crippen LogP contribution in [0.1, 0.15) is 37.3 Å². The summed E-state index contributed by atoms with van der Waals surface area (Å²) in [5.74, 6) is 3.12. The number of morpholine rings is 1. The van der Waals surface area contributed by atoms with E-state index in [2.05, 4.69) is 37.0 Å². The van der Waals surface area contributed by atoms with Crippen molar-refractivity contribution in [3.05, 3.63) is 47.8 Å². The number of hydrogen-bond acceptors (Lipinski definition) is 7. The van der Waals surface area contributed by atoms with E-state index in [-0.39, 0.29) is 6.10 Å². The quantitative estimate of drug-likeness (QED) is 0.742. The Hall–Kier alpha value is -2.87. The van der Waals surface area contributed by atoms with Crippen molar-refractivity contribution in [2.75, 3.05) is 24.6 Å². The van der Waals surface area contributed by atoms with E-state index < -0.39 is 0 Å².